The molecule has 0 atom stereocenters. The van der Waals surface area contributed by atoms with E-state index in [0.717, 1.165) is 35.5 Å². The molecule has 110 valence electrons. The van der Waals surface area contributed by atoms with Crippen LogP contribution in [0.5, 0.6) is 11.5 Å². The quantitative estimate of drug-likeness (QED) is 0.712. The van der Waals surface area contributed by atoms with Crippen LogP contribution >= 0.6 is 28.3 Å². The van der Waals surface area contributed by atoms with E-state index in [1.54, 1.807) is 0 Å². The Balaban J connectivity index is 0.00000324. The van der Waals surface area contributed by atoms with Crippen LogP contribution < -0.4 is 14.8 Å². The molecule has 1 aromatic rings. The van der Waals surface area contributed by atoms with Gasteiger partial charge in [0.2, 0.25) is 0 Å². The highest BCUT2D eigenvalue weighted by molar-refractivity contribution is 9.10. The number of benzene rings is 1. The number of nitrogens with one attached hydrogen (secondary N) is 1. The third-order valence-electron chi connectivity index (χ3n) is 2.41. The van der Waals surface area contributed by atoms with Crippen molar-refractivity contribution < 1.29 is 9.47 Å². The summed E-state index contributed by atoms with van der Waals surface area (Å²) in [5.74, 6) is 1.60. The Kier molecular flexibility index (Phi) is 10.1. The lowest BCUT2D eigenvalue weighted by Crippen LogP contribution is -2.14. The molecule has 0 fully saturated rings. The van der Waals surface area contributed by atoms with E-state index in [-0.39, 0.29) is 12.4 Å². The molecular formula is C14H23BrClNO2. The van der Waals surface area contributed by atoms with Crippen LogP contribution in [0.1, 0.15) is 32.8 Å². The van der Waals surface area contributed by atoms with Crippen LogP contribution in [0.15, 0.2) is 16.6 Å². The molecule has 0 unspecified atom stereocenters. The molecule has 0 saturated heterocycles. The smallest absolute Gasteiger partial charge is 0.175 e. The Morgan fingerprint density at radius 3 is 2.37 bits per heavy atom. The van der Waals surface area contributed by atoms with Crippen molar-refractivity contribution in [1.82, 2.24) is 5.32 Å². The van der Waals surface area contributed by atoms with Crippen LogP contribution in [0.4, 0.5) is 0 Å². The maximum atomic E-state index is 5.63. The first-order valence-electron chi connectivity index (χ1n) is 6.51. The zero-order valence-electron chi connectivity index (χ0n) is 11.8. The molecule has 3 nitrogen and oxygen atoms in total. The van der Waals surface area contributed by atoms with E-state index in [2.05, 4.69) is 34.2 Å². The van der Waals surface area contributed by atoms with Gasteiger partial charge in [-0.1, -0.05) is 6.92 Å². The Morgan fingerprint density at radius 2 is 1.79 bits per heavy atom. The predicted molar refractivity (Wildman–Crippen MR) is 85.7 cm³/mol. The summed E-state index contributed by atoms with van der Waals surface area (Å²) in [6, 6.07) is 4.12. The number of ether oxygens (including phenoxy) is 2. The Hall–Kier alpha value is -0.450. The van der Waals surface area contributed by atoms with Crippen molar-refractivity contribution in [1.29, 1.82) is 0 Å². The lowest BCUT2D eigenvalue weighted by Gasteiger charge is -2.14. The molecular weight excluding hydrogens is 330 g/mol. The predicted octanol–water partition coefficient (Wildman–Crippen LogP) is 4.17. The van der Waals surface area contributed by atoms with Crippen LogP contribution in [0.3, 0.4) is 0 Å². The SMILES string of the molecule is CCCNCc1cc(Br)c(OCC)c(OCC)c1.Cl. The van der Waals surface area contributed by atoms with Crippen molar-refractivity contribution >= 4 is 28.3 Å². The van der Waals surface area contributed by atoms with Crippen LogP contribution in [0.2, 0.25) is 0 Å². The second-order valence-corrected chi connectivity index (χ2v) is 4.80. The van der Waals surface area contributed by atoms with Gasteiger partial charge < -0.3 is 14.8 Å². The van der Waals surface area contributed by atoms with Gasteiger partial charge in [-0.2, -0.15) is 0 Å². The van der Waals surface area contributed by atoms with Gasteiger partial charge in [0.05, 0.1) is 17.7 Å². The average molecular weight is 353 g/mol. The van der Waals surface area contributed by atoms with Crippen molar-refractivity contribution in [3.8, 4) is 11.5 Å². The molecule has 19 heavy (non-hydrogen) atoms. The fourth-order valence-electron chi connectivity index (χ4n) is 1.68. The van der Waals surface area contributed by atoms with Gasteiger partial charge in [0.25, 0.3) is 0 Å². The maximum Gasteiger partial charge on any atom is 0.175 e. The summed E-state index contributed by atoms with van der Waals surface area (Å²) in [6.07, 6.45) is 1.14. The third kappa shape index (κ3) is 6.02. The molecule has 0 aliphatic rings. The summed E-state index contributed by atoms with van der Waals surface area (Å²) in [6.45, 7) is 9.25. The minimum atomic E-state index is 0. The van der Waals surface area contributed by atoms with Crippen LogP contribution in [0, 0.1) is 0 Å². The largest absolute Gasteiger partial charge is 0.490 e. The van der Waals surface area contributed by atoms with Gasteiger partial charge in [0, 0.05) is 6.54 Å². The van der Waals surface area contributed by atoms with E-state index in [0.29, 0.717) is 13.2 Å². The Bertz CT molecular complexity index is 375. The maximum absolute atomic E-state index is 5.63. The van der Waals surface area contributed by atoms with E-state index in [9.17, 15) is 0 Å². The minimum absolute atomic E-state index is 0. The fourth-order valence-corrected chi connectivity index (χ4v) is 2.28. The zero-order valence-corrected chi connectivity index (χ0v) is 14.2. The molecule has 0 bridgehead atoms. The molecule has 0 heterocycles. The first-order chi connectivity index (χ1) is 8.72. The average Bonchev–Trinajstić information content (AvgIpc) is 2.34. The van der Waals surface area contributed by atoms with Crippen LogP contribution in [-0.2, 0) is 6.54 Å². The summed E-state index contributed by atoms with van der Waals surface area (Å²) in [7, 11) is 0. The van der Waals surface area contributed by atoms with Crippen molar-refractivity contribution in [2.24, 2.45) is 0 Å². The number of rotatable bonds is 8. The van der Waals surface area contributed by atoms with E-state index in [4.69, 9.17) is 9.47 Å². The first-order valence-corrected chi connectivity index (χ1v) is 7.30. The molecule has 1 aromatic carbocycles. The second-order valence-electron chi connectivity index (χ2n) is 3.95. The molecule has 0 aromatic heterocycles. The Morgan fingerprint density at radius 1 is 1.11 bits per heavy atom. The molecule has 0 amide bonds. The molecule has 0 radical (unpaired) electrons. The number of hydrogen-bond acceptors (Lipinski definition) is 3. The summed E-state index contributed by atoms with van der Waals surface area (Å²) in [4.78, 5) is 0. The van der Waals surface area contributed by atoms with Crippen LogP contribution in [-0.4, -0.2) is 19.8 Å². The topological polar surface area (TPSA) is 30.5 Å². The Labute approximate surface area is 130 Å². The standard InChI is InChI=1S/C14H22BrNO2.ClH/c1-4-7-16-10-11-8-12(15)14(18-6-3)13(9-11)17-5-2;/h8-9,16H,4-7,10H2,1-3H3;1H. The highest BCUT2D eigenvalue weighted by Gasteiger charge is 2.11. The van der Waals surface area contributed by atoms with Crippen molar-refractivity contribution in [2.45, 2.75) is 33.7 Å². The van der Waals surface area contributed by atoms with E-state index in [1.807, 2.05) is 19.9 Å². The highest BCUT2D eigenvalue weighted by Crippen LogP contribution is 2.36. The molecule has 1 rings (SSSR count). The highest BCUT2D eigenvalue weighted by atomic mass is 79.9. The van der Waals surface area contributed by atoms with Crippen molar-refractivity contribution in [3.63, 3.8) is 0 Å². The van der Waals surface area contributed by atoms with E-state index in [1.165, 1.54) is 5.56 Å². The van der Waals surface area contributed by atoms with E-state index < -0.39 is 0 Å². The lowest BCUT2D eigenvalue weighted by molar-refractivity contribution is 0.286. The first kappa shape index (κ1) is 18.6. The van der Waals surface area contributed by atoms with Crippen molar-refractivity contribution in [3.05, 3.63) is 22.2 Å². The van der Waals surface area contributed by atoms with Crippen molar-refractivity contribution in [2.75, 3.05) is 19.8 Å². The number of halogens is 2. The van der Waals surface area contributed by atoms with E-state index >= 15 is 0 Å². The molecule has 5 heteroatoms. The monoisotopic (exact) mass is 351 g/mol. The van der Waals surface area contributed by atoms with Gasteiger partial charge >= 0.3 is 0 Å². The van der Waals surface area contributed by atoms with Gasteiger partial charge in [-0.15, -0.1) is 12.4 Å². The zero-order chi connectivity index (χ0) is 13.4. The van der Waals surface area contributed by atoms with Gasteiger partial charge in [-0.25, -0.2) is 0 Å². The second kappa shape index (κ2) is 10.4. The molecule has 0 aliphatic heterocycles. The molecule has 0 saturated carbocycles. The normalized spacial score (nSPS) is 9.89. The fraction of sp³-hybridized carbons (Fsp3) is 0.571. The van der Waals surface area contributed by atoms with Gasteiger partial charge in [-0.3, -0.25) is 0 Å². The minimum Gasteiger partial charge on any atom is -0.490 e. The number of hydrogen-bond donors (Lipinski definition) is 1. The molecule has 0 spiro atoms. The summed E-state index contributed by atoms with van der Waals surface area (Å²) in [5, 5.41) is 3.38. The molecule has 1 N–H and O–H groups in total. The van der Waals surface area contributed by atoms with Gasteiger partial charge in [0.1, 0.15) is 0 Å². The van der Waals surface area contributed by atoms with Gasteiger partial charge in [0.15, 0.2) is 11.5 Å². The third-order valence-corrected chi connectivity index (χ3v) is 3.00. The summed E-state index contributed by atoms with van der Waals surface area (Å²) >= 11 is 3.55. The summed E-state index contributed by atoms with van der Waals surface area (Å²) in [5.41, 5.74) is 1.20. The summed E-state index contributed by atoms with van der Waals surface area (Å²) < 4.78 is 12.2. The lowest BCUT2D eigenvalue weighted by atomic mass is 10.2. The van der Waals surface area contributed by atoms with Gasteiger partial charge in [-0.05, 0) is 60.4 Å². The van der Waals surface area contributed by atoms with Crippen LogP contribution in [0.25, 0.3) is 0 Å². The molecule has 0 aliphatic carbocycles.